The number of β-amino-alcohol motifs (C(OH)–C–C–N with tert-alkyl or cyclic N) is 1. The average molecular weight is 437 g/mol. The van der Waals surface area contributed by atoms with Crippen molar-refractivity contribution < 1.29 is 9.90 Å². The van der Waals surface area contributed by atoms with Gasteiger partial charge in [0, 0.05) is 43.7 Å². The van der Waals surface area contributed by atoms with Crippen LogP contribution in [0.5, 0.6) is 0 Å². The van der Waals surface area contributed by atoms with E-state index in [9.17, 15) is 10.1 Å². The summed E-state index contributed by atoms with van der Waals surface area (Å²) in [5.74, 6) is -0.0143. The zero-order chi connectivity index (χ0) is 22.1. The number of nitrogens with zero attached hydrogens (tertiary/aromatic N) is 4. The lowest BCUT2D eigenvalue weighted by molar-refractivity contribution is 0.0620. The third kappa shape index (κ3) is 3.81. The number of aromatic nitrogens is 1. The molecule has 0 atom stereocenters. The first-order chi connectivity index (χ1) is 14.9. The van der Waals surface area contributed by atoms with E-state index in [0.29, 0.717) is 59.1 Å². The van der Waals surface area contributed by atoms with Gasteiger partial charge in [0.1, 0.15) is 27.2 Å². The second-order valence-corrected chi connectivity index (χ2v) is 8.61. The molecule has 9 heteroatoms. The van der Waals surface area contributed by atoms with Gasteiger partial charge < -0.3 is 21.5 Å². The summed E-state index contributed by atoms with van der Waals surface area (Å²) < 4.78 is 0. The molecule has 0 radical (unpaired) electrons. The molecule has 31 heavy (non-hydrogen) atoms. The van der Waals surface area contributed by atoms with Crippen molar-refractivity contribution in [2.45, 2.75) is 6.92 Å². The lowest BCUT2D eigenvalue weighted by Gasteiger charge is -2.34. The number of benzene rings is 1. The van der Waals surface area contributed by atoms with Crippen molar-refractivity contribution in [1.29, 1.82) is 5.26 Å². The van der Waals surface area contributed by atoms with E-state index in [0.717, 1.165) is 11.1 Å². The summed E-state index contributed by atoms with van der Waals surface area (Å²) in [5.41, 5.74) is 15.7. The maximum absolute atomic E-state index is 13.3. The number of amides is 1. The van der Waals surface area contributed by atoms with Crippen LogP contribution in [0.4, 0.5) is 11.5 Å². The minimum absolute atomic E-state index is 0.104. The minimum atomic E-state index is -0.143. The molecule has 1 aromatic carbocycles. The number of aliphatic hydroxyl groups is 1. The molecular weight excluding hydrogens is 412 g/mol. The summed E-state index contributed by atoms with van der Waals surface area (Å²) in [6.07, 6.45) is 0. The Morgan fingerprint density at radius 3 is 2.52 bits per heavy atom. The number of hydrogen-bond donors (Lipinski definition) is 3. The summed E-state index contributed by atoms with van der Waals surface area (Å²) in [4.78, 5) is 22.5. The minimum Gasteiger partial charge on any atom is -0.397 e. The molecule has 1 aliphatic heterocycles. The van der Waals surface area contributed by atoms with Gasteiger partial charge in [-0.3, -0.25) is 9.69 Å². The van der Waals surface area contributed by atoms with E-state index in [-0.39, 0.29) is 23.9 Å². The Balaban J connectivity index is 1.79. The summed E-state index contributed by atoms with van der Waals surface area (Å²) in [6, 6.07) is 9.91. The predicted octanol–water partition coefficient (Wildman–Crippen LogP) is 2.06. The van der Waals surface area contributed by atoms with Crippen LogP contribution in [-0.2, 0) is 0 Å². The Bertz CT molecular complexity index is 1170. The van der Waals surface area contributed by atoms with Crippen LogP contribution in [0.25, 0.3) is 21.3 Å². The normalized spacial score (nSPS) is 14.7. The van der Waals surface area contributed by atoms with Gasteiger partial charge in [0.2, 0.25) is 0 Å². The van der Waals surface area contributed by atoms with Gasteiger partial charge in [0.05, 0.1) is 12.3 Å². The summed E-state index contributed by atoms with van der Waals surface area (Å²) in [5, 5.41) is 19.5. The Kier molecular flexibility index (Phi) is 5.78. The molecule has 3 heterocycles. The molecule has 0 unspecified atom stereocenters. The number of aliphatic hydroxyl groups excluding tert-OH is 1. The largest absolute Gasteiger partial charge is 0.397 e. The topological polar surface area (TPSA) is 132 Å². The van der Waals surface area contributed by atoms with Gasteiger partial charge >= 0.3 is 0 Å². The zero-order valence-corrected chi connectivity index (χ0v) is 18.1. The van der Waals surface area contributed by atoms with Crippen molar-refractivity contribution in [3.63, 3.8) is 0 Å². The van der Waals surface area contributed by atoms with Crippen LogP contribution in [0.2, 0.25) is 0 Å². The highest BCUT2D eigenvalue weighted by molar-refractivity contribution is 7.21. The third-order valence-corrected chi connectivity index (χ3v) is 6.71. The van der Waals surface area contributed by atoms with Crippen molar-refractivity contribution in [1.82, 2.24) is 14.8 Å². The van der Waals surface area contributed by atoms with Crippen LogP contribution in [0.1, 0.15) is 20.8 Å². The number of fused-ring (bicyclic) bond motifs is 1. The fourth-order valence-corrected chi connectivity index (χ4v) is 4.99. The lowest BCUT2D eigenvalue weighted by Crippen LogP contribution is -2.49. The number of nitriles is 1. The number of pyridine rings is 1. The molecule has 1 aliphatic rings. The maximum Gasteiger partial charge on any atom is 0.266 e. The smallest absolute Gasteiger partial charge is 0.266 e. The molecule has 3 aromatic rings. The fourth-order valence-electron chi connectivity index (χ4n) is 3.91. The van der Waals surface area contributed by atoms with E-state index in [1.54, 1.807) is 4.90 Å². The molecular formula is C22H24N6O2S. The Morgan fingerprint density at radius 2 is 1.90 bits per heavy atom. The van der Waals surface area contributed by atoms with Gasteiger partial charge in [-0.1, -0.05) is 29.8 Å². The van der Waals surface area contributed by atoms with Crippen LogP contribution < -0.4 is 11.5 Å². The summed E-state index contributed by atoms with van der Waals surface area (Å²) >= 11 is 1.21. The number of piperazine rings is 1. The fraction of sp³-hybridized carbons (Fsp3) is 0.318. The number of carbonyl (C=O) groups excluding carboxylic acids is 1. The van der Waals surface area contributed by atoms with E-state index >= 15 is 0 Å². The van der Waals surface area contributed by atoms with Gasteiger partial charge in [-0.15, -0.1) is 11.3 Å². The molecule has 4 rings (SSSR count). The number of hydrogen-bond acceptors (Lipinski definition) is 8. The SMILES string of the molecule is Cc1ccc(-c2c(C#N)c(N)nc3sc(C(=O)N4CCN(CCO)CC4)c(N)c23)cc1. The van der Waals surface area contributed by atoms with Crippen molar-refractivity contribution in [2.75, 3.05) is 50.8 Å². The highest BCUT2D eigenvalue weighted by atomic mass is 32.1. The number of anilines is 2. The standard InChI is InChI=1S/C22H24N6O2S/c1-13-2-4-14(5-3-13)16-15(12-23)20(25)26-21-17(16)18(24)19(31-21)22(30)28-8-6-27(7-9-28)10-11-29/h2-5,29H,6-11,24H2,1H3,(H2,25,26). The van der Waals surface area contributed by atoms with Crippen molar-refractivity contribution in [3.05, 3.63) is 40.3 Å². The summed E-state index contributed by atoms with van der Waals surface area (Å²) in [6.45, 7) is 5.24. The molecule has 0 spiro atoms. The molecule has 0 bridgehead atoms. The third-order valence-electron chi connectivity index (χ3n) is 5.63. The number of thiophene rings is 1. The second-order valence-electron chi connectivity index (χ2n) is 7.61. The maximum atomic E-state index is 13.3. The molecule has 160 valence electrons. The zero-order valence-electron chi connectivity index (χ0n) is 17.3. The van der Waals surface area contributed by atoms with Crippen LogP contribution in [0.15, 0.2) is 24.3 Å². The monoisotopic (exact) mass is 436 g/mol. The van der Waals surface area contributed by atoms with E-state index < -0.39 is 0 Å². The molecule has 5 N–H and O–H groups in total. The Morgan fingerprint density at radius 1 is 1.23 bits per heavy atom. The van der Waals surface area contributed by atoms with Gasteiger partial charge in [-0.2, -0.15) is 5.26 Å². The first-order valence-electron chi connectivity index (χ1n) is 10.1. The number of rotatable bonds is 4. The molecule has 0 aliphatic carbocycles. The van der Waals surface area contributed by atoms with Crippen LogP contribution in [0, 0.1) is 18.3 Å². The number of nitrogen functional groups attached to an aromatic ring is 2. The van der Waals surface area contributed by atoms with E-state index in [1.807, 2.05) is 31.2 Å². The molecule has 1 saturated heterocycles. The van der Waals surface area contributed by atoms with E-state index in [4.69, 9.17) is 16.6 Å². The van der Waals surface area contributed by atoms with Crippen LogP contribution >= 0.6 is 11.3 Å². The molecule has 8 nitrogen and oxygen atoms in total. The molecule has 0 saturated carbocycles. The number of carbonyl (C=O) groups is 1. The van der Waals surface area contributed by atoms with Crippen molar-refractivity contribution in [3.8, 4) is 17.2 Å². The Hall–Kier alpha value is -3.19. The lowest BCUT2D eigenvalue weighted by atomic mass is 9.96. The quantitative estimate of drug-likeness (QED) is 0.570. The van der Waals surface area contributed by atoms with Crippen molar-refractivity contribution in [2.24, 2.45) is 0 Å². The first kappa shape index (κ1) is 21.1. The highest BCUT2D eigenvalue weighted by Gasteiger charge is 2.28. The van der Waals surface area contributed by atoms with E-state index in [1.165, 1.54) is 11.3 Å². The van der Waals surface area contributed by atoms with Crippen molar-refractivity contribution >= 4 is 39.0 Å². The first-order valence-corrected chi connectivity index (χ1v) is 10.9. The predicted molar refractivity (Wildman–Crippen MR) is 123 cm³/mol. The number of aryl methyl sites for hydroxylation is 1. The van der Waals surface area contributed by atoms with Gasteiger partial charge in [0.15, 0.2) is 0 Å². The number of nitrogens with two attached hydrogens (primary N) is 2. The Labute approximate surface area is 184 Å². The highest BCUT2D eigenvalue weighted by Crippen LogP contribution is 2.43. The molecule has 1 fully saturated rings. The van der Waals surface area contributed by atoms with Gasteiger partial charge in [-0.25, -0.2) is 4.98 Å². The van der Waals surface area contributed by atoms with E-state index in [2.05, 4.69) is 16.0 Å². The van der Waals surface area contributed by atoms with Gasteiger partial charge in [0.25, 0.3) is 5.91 Å². The molecule has 1 amide bonds. The second kappa shape index (κ2) is 8.51. The van der Waals surface area contributed by atoms with Crippen LogP contribution in [-0.4, -0.2) is 65.1 Å². The average Bonchev–Trinajstić information content (AvgIpc) is 3.09. The summed E-state index contributed by atoms with van der Waals surface area (Å²) in [7, 11) is 0. The van der Waals surface area contributed by atoms with Gasteiger partial charge in [-0.05, 0) is 12.5 Å². The molecule has 2 aromatic heterocycles. The van der Waals surface area contributed by atoms with Crippen LogP contribution in [0.3, 0.4) is 0 Å².